The van der Waals surface area contributed by atoms with Crippen LogP contribution in [0.25, 0.3) is 10.9 Å². The first kappa shape index (κ1) is 31.2. The van der Waals surface area contributed by atoms with Crippen LogP contribution in [0.4, 0.5) is 15.9 Å². The largest absolute Gasteiger partial charge is 0.487 e. The summed E-state index contributed by atoms with van der Waals surface area (Å²) in [7, 11) is -3.50. The van der Waals surface area contributed by atoms with Gasteiger partial charge in [0.25, 0.3) is 0 Å². The highest BCUT2D eigenvalue weighted by molar-refractivity contribution is 7.91. The molecule has 0 amide bonds. The molecule has 234 valence electrons. The van der Waals surface area contributed by atoms with Crippen molar-refractivity contribution in [1.82, 2.24) is 15.3 Å². The highest BCUT2D eigenvalue weighted by atomic mass is 35.5. The van der Waals surface area contributed by atoms with Crippen LogP contribution in [0.2, 0.25) is 5.02 Å². The smallest absolute Gasteiger partial charge is 0.208 e. The molecule has 5 aromatic rings. The quantitative estimate of drug-likeness (QED) is 0.153. The Balaban J connectivity index is 1.19. The summed E-state index contributed by atoms with van der Waals surface area (Å²) in [4.78, 5) is 22.2. The summed E-state index contributed by atoms with van der Waals surface area (Å²) in [5.74, 6) is 0.125. The number of nitrogens with one attached hydrogen (secondary N) is 2. The molecule has 2 N–H and O–H groups in total. The molecule has 1 aromatic heterocycles. The van der Waals surface area contributed by atoms with Crippen LogP contribution in [0.5, 0.6) is 5.75 Å². The van der Waals surface area contributed by atoms with Gasteiger partial charge in [-0.15, -0.1) is 0 Å². The van der Waals surface area contributed by atoms with E-state index in [1.165, 1.54) is 30.8 Å². The van der Waals surface area contributed by atoms with Crippen LogP contribution >= 0.6 is 11.6 Å². The minimum absolute atomic E-state index is 0.0395. The number of ketones is 1. The van der Waals surface area contributed by atoms with Gasteiger partial charge >= 0.3 is 0 Å². The monoisotopic (exact) mass is 658 g/mol. The Labute approximate surface area is 270 Å². The first-order valence-electron chi connectivity index (χ1n) is 14.3. The number of fused-ring (bicyclic) bond motifs is 1. The van der Waals surface area contributed by atoms with Gasteiger partial charge in [0.15, 0.2) is 9.84 Å². The fourth-order valence-electron chi connectivity index (χ4n) is 5.09. The van der Waals surface area contributed by atoms with Crippen LogP contribution < -0.4 is 15.4 Å². The Morgan fingerprint density at radius 2 is 1.80 bits per heavy atom. The van der Waals surface area contributed by atoms with Gasteiger partial charge in [0, 0.05) is 35.8 Å². The molecule has 0 saturated heterocycles. The van der Waals surface area contributed by atoms with Crippen molar-refractivity contribution < 1.29 is 27.1 Å². The highest BCUT2D eigenvalue weighted by Crippen LogP contribution is 2.36. The van der Waals surface area contributed by atoms with Crippen LogP contribution in [0.15, 0.2) is 115 Å². The van der Waals surface area contributed by atoms with Gasteiger partial charge in [0.2, 0.25) is 11.4 Å². The van der Waals surface area contributed by atoms with Crippen molar-refractivity contribution in [2.24, 2.45) is 0 Å². The Kier molecular flexibility index (Phi) is 8.98. The third-order valence-electron chi connectivity index (χ3n) is 7.49. The molecule has 0 spiro atoms. The number of halogens is 2. The molecule has 0 bridgehead atoms. The van der Waals surface area contributed by atoms with Crippen LogP contribution in [-0.2, 0) is 31.6 Å². The number of benzene rings is 4. The summed E-state index contributed by atoms with van der Waals surface area (Å²) in [5, 5.41) is 7.33. The minimum Gasteiger partial charge on any atom is -0.487 e. The molecule has 46 heavy (non-hydrogen) atoms. The van der Waals surface area contributed by atoms with Crippen molar-refractivity contribution in [2.75, 3.05) is 24.2 Å². The number of carbonyl (C=O) groups excluding carboxylic acids is 1. The number of aromatic nitrogens is 2. The lowest BCUT2D eigenvalue weighted by molar-refractivity contribution is -0.129. The number of carbonyl (C=O) groups is 1. The zero-order valence-electron chi connectivity index (χ0n) is 24.3. The van der Waals surface area contributed by atoms with Gasteiger partial charge in [-0.05, 0) is 60.2 Å². The van der Waals surface area contributed by atoms with Crippen LogP contribution in [0.3, 0.4) is 0 Å². The van der Waals surface area contributed by atoms with Gasteiger partial charge in [-0.3, -0.25) is 4.79 Å². The van der Waals surface area contributed by atoms with Gasteiger partial charge in [0.05, 0.1) is 27.4 Å². The van der Waals surface area contributed by atoms with E-state index in [0.29, 0.717) is 44.3 Å². The molecule has 4 aromatic carbocycles. The molecule has 9 nitrogen and oxygen atoms in total. The number of ether oxygens (including phenoxy) is 2. The average Bonchev–Trinajstić information content (AvgIpc) is 3.44. The molecule has 2 heterocycles. The third kappa shape index (κ3) is 6.71. The number of sulfone groups is 1. The molecule has 1 atom stereocenters. The van der Waals surface area contributed by atoms with E-state index in [2.05, 4.69) is 20.6 Å². The minimum atomic E-state index is -3.50. The highest BCUT2D eigenvalue weighted by Gasteiger charge is 2.43. The van der Waals surface area contributed by atoms with Gasteiger partial charge in [0.1, 0.15) is 30.3 Å². The molecule has 0 radical (unpaired) electrons. The molecule has 0 aliphatic carbocycles. The van der Waals surface area contributed by atoms with Gasteiger partial charge in [-0.25, -0.2) is 22.8 Å². The summed E-state index contributed by atoms with van der Waals surface area (Å²) in [6.45, 7) is 0.304. The van der Waals surface area contributed by atoms with E-state index in [1.807, 2.05) is 0 Å². The number of rotatable bonds is 12. The lowest BCUT2D eigenvalue weighted by Gasteiger charge is -2.28. The Morgan fingerprint density at radius 3 is 2.57 bits per heavy atom. The topological polar surface area (TPSA) is 120 Å². The number of nitrogens with zero attached hydrogens (tertiary/aromatic N) is 2. The second-order valence-corrected chi connectivity index (χ2v) is 13.1. The van der Waals surface area contributed by atoms with Crippen molar-refractivity contribution in [3.8, 4) is 5.75 Å². The molecule has 0 fully saturated rings. The fraction of sp³-hybridized carbons (Fsp3) is 0.147. The average molecular weight is 659 g/mol. The lowest BCUT2D eigenvalue weighted by Crippen LogP contribution is -2.44. The summed E-state index contributed by atoms with van der Waals surface area (Å²) < 4.78 is 50.6. The molecule has 1 aliphatic rings. The fourth-order valence-corrected chi connectivity index (χ4v) is 6.55. The zero-order valence-corrected chi connectivity index (χ0v) is 25.9. The summed E-state index contributed by atoms with van der Waals surface area (Å²) in [6, 6.07) is 24.8. The van der Waals surface area contributed by atoms with E-state index in [0.717, 1.165) is 0 Å². The number of anilines is 2. The summed E-state index contributed by atoms with van der Waals surface area (Å²) >= 11 is 6.50. The van der Waals surface area contributed by atoms with E-state index in [1.54, 1.807) is 78.9 Å². The third-order valence-corrected chi connectivity index (χ3v) is 9.52. The predicted molar refractivity (Wildman–Crippen MR) is 173 cm³/mol. The molecule has 1 unspecified atom stereocenters. The lowest BCUT2D eigenvalue weighted by atomic mass is 9.89. The molecule has 12 heteroatoms. The maximum Gasteiger partial charge on any atom is 0.208 e. The van der Waals surface area contributed by atoms with E-state index >= 15 is 0 Å². The second-order valence-electron chi connectivity index (χ2n) is 10.6. The van der Waals surface area contributed by atoms with Crippen LogP contribution in [0, 0.1) is 5.82 Å². The van der Waals surface area contributed by atoms with E-state index in [-0.39, 0.29) is 41.9 Å². The molecule has 6 rings (SSSR count). The van der Waals surface area contributed by atoms with E-state index in [9.17, 15) is 17.6 Å². The summed E-state index contributed by atoms with van der Waals surface area (Å²) in [6.07, 6.45) is 4.12. The van der Waals surface area contributed by atoms with Crippen molar-refractivity contribution >= 4 is 49.6 Å². The molecular weight excluding hydrogens is 631 g/mol. The van der Waals surface area contributed by atoms with Crippen molar-refractivity contribution in [3.05, 3.63) is 132 Å². The van der Waals surface area contributed by atoms with Crippen molar-refractivity contribution in [1.29, 1.82) is 0 Å². The number of hydrogen-bond acceptors (Lipinski definition) is 9. The standard InChI is InChI=1S/C34H28ClFN4O5S/c35-29-19-26(10-12-31(29)44-20-23-5-4-6-25(36)17-23)40-33-28-18-24(9-11-30(28)38-22-39-33)34(32(41)13-15-45-34)21-37-14-16-46(42,43)27-7-2-1-3-8-27/h1-13,15,17-19,22,37H,14,16,20-21H2,(H,38,39,40). The normalized spacial score (nSPS) is 16.0. The molecular formula is C34H28ClFN4O5S. The Hall–Kier alpha value is -4.84. The van der Waals surface area contributed by atoms with Crippen molar-refractivity contribution in [2.45, 2.75) is 17.1 Å². The summed E-state index contributed by atoms with van der Waals surface area (Å²) in [5.41, 5.74) is 1.07. The SMILES string of the molecule is O=C1C=COC1(CNCCS(=O)(=O)c1ccccc1)c1ccc2ncnc(Nc3ccc(OCc4cccc(F)c4)c(Cl)c3)c2c1. The Morgan fingerprint density at radius 1 is 0.957 bits per heavy atom. The molecule has 1 aliphatic heterocycles. The first-order valence-corrected chi connectivity index (χ1v) is 16.3. The molecule has 0 saturated carbocycles. The van der Waals surface area contributed by atoms with E-state index in [4.69, 9.17) is 21.1 Å². The maximum atomic E-state index is 13.5. The zero-order chi connectivity index (χ0) is 32.1. The second kappa shape index (κ2) is 13.3. The maximum absolute atomic E-state index is 13.5. The van der Waals surface area contributed by atoms with Gasteiger partial charge in [-0.1, -0.05) is 48.0 Å². The van der Waals surface area contributed by atoms with Gasteiger partial charge in [-0.2, -0.15) is 0 Å². The van der Waals surface area contributed by atoms with Crippen LogP contribution in [-0.4, -0.2) is 43.0 Å². The van der Waals surface area contributed by atoms with E-state index < -0.39 is 15.4 Å². The van der Waals surface area contributed by atoms with Gasteiger partial charge < -0.3 is 20.1 Å². The van der Waals surface area contributed by atoms with Crippen molar-refractivity contribution in [3.63, 3.8) is 0 Å². The van der Waals surface area contributed by atoms with Crippen LogP contribution in [0.1, 0.15) is 11.1 Å². The number of hydrogen-bond donors (Lipinski definition) is 2. The first-order chi connectivity index (χ1) is 22.2. The Bertz CT molecular complexity index is 2040. The predicted octanol–water partition coefficient (Wildman–Crippen LogP) is 6.12.